The Bertz CT molecular complexity index is 708. The molecule has 0 unspecified atom stereocenters. The van der Waals surface area contributed by atoms with Crippen LogP contribution in [0.25, 0.3) is 0 Å². The highest BCUT2D eigenvalue weighted by Crippen LogP contribution is 2.32. The van der Waals surface area contributed by atoms with Gasteiger partial charge in [0.05, 0.1) is 11.1 Å². The van der Waals surface area contributed by atoms with E-state index in [-0.39, 0.29) is 11.9 Å². The summed E-state index contributed by atoms with van der Waals surface area (Å²) in [6.45, 7) is 2.53. The van der Waals surface area contributed by atoms with Crippen LogP contribution in [0.2, 0.25) is 10.2 Å². The Labute approximate surface area is 138 Å². The molecule has 3 rings (SSSR count). The Morgan fingerprint density at radius 2 is 2.18 bits per heavy atom. The summed E-state index contributed by atoms with van der Waals surface area (Å²) in [5, 5.41) is 7.82. The molecule has 2 aromatic rings. The SMILES string of the molecule is Cc1nc([C@@H]2CCCCN2C(=O)c2cc(Cl)c(Cl)n2C)n[nH]1. The lowest BCUT2D eigenvalue weighted by Gasteiger charge is -2.34. The Balaban J connectivity index is 1.93. The van der Waals surface area contributed by atoms with E-state index >= 15 is 0 Å². The third-order valence-corrected chi connectivity index (χ3v) is 4.85. The quantitative estimate of drug-likeness (QED) is 0.912. The van der Waals surface area contributed by atoms with Gasteiger partial charge < -0.3 is 9.47 Å². The fourth-order valence-corrected chi connectivity index (χ4v) is 3.22. The van der Waals surface area contributed by atoms with E-state index in [4.69, 9.17) is 23.2 Å². The second-order valence-electron chi connectivity index (χ2n) is 5.52. The third-order valence-electron chi connectivity index (χ3n) is 4.01. The minimum Gasteiger partial charge on any atom is -0.329 e. The molecule has 0 aliphatic carbocycles. The number of halogens is 2. The summed E-state index contributed by atoms with van der Waals surface area (Å²) in [6.07, 6.45) is 2.88. The lowest BCUT2D eigenvalue weighted by molar-refractivity contribution is 0.0590. The molecule has 1 aliphatic heterocycles. The molecule has 0 spiro atoms. The zero-order valence-corrected chi connectivity index (χ0v) is 13.9. The van der Waals surface area contributed by atoms with Crippen LogP contribution < -0.4 is 0 Å². The summed E-state index contributed by atoms with van der Waals surface area (Å²) in [7, 11) is 1.73. The summed E-state index contributed by atoms with van der Waals surface area (Å²) in [5.74, 6) is 1.32. The number of aryl methyl sites for hydroxylation is 1. The number of aromatic amines is 1. The normalized spacial score (nSPS) is 18.7. The number of carbonyl (C=O) groups excluding carboxylic acids is 1. The fourth-order valence-electron chi connectivity index (χ4n) is 2.85. The number of nitrogens with one attached hydrogen (secondary N) is 1. The van der Waals surface area contributed by atoms with Gasteiger partial charge in [-0.2, -0.15) is 5.10 Å². The lowest BCUT2D eigenvalue weighted by Crippen LogP contribution is -2.39. The topological polar surface area (TPSA) is 66.8 Å². The molecule has 6 nitrogen and oxygen atoms in total. The van der Waals surface area contributed by atoms with Gasteiger partial charge in [-0.3, -0.25) is 9.89 Å². The minimum absolute atomic E-state index is 0.0940. The molecule has 2 aromatic heterocycles. The predicted octanol–water partition coefficient (Wildman–Crippen LogP) is 3.13. The Kier molecular flexibility index (Phi) is 4.14. The molecule has 1 amide bonds. The Hall–Kier alpha value is -1.53. The van der Waals surface area contributed by atoms with Crippen molar-refractivity contribution >= 4 is 29.1 Å². The van der Waals surface area contributed by atoms with Crippen molar-refractivity contribution in [3.05, 3.63) is 33.6 Å². The van der Waals surface area contributed by atoms with Crippen LogP contribution in [0.5, 0.6) is 0 Å². The highest BCUT2D eigenvalue weighted by atomic mass is 35.5. The van der Waals surface area contributed by atoms with Crippen LogP contribution in [0.15, 0.2) is 6.07 Å². The standard InChI is InChI=1S/C14H17Cl2N5O/c1-8-17-13(19-18-8)10-5-3-4-6-21(10)14(22)11-7-9(15)12(16)20(11)2/h7,10H,3-6H2,1-2H3,(H,17,18,19)/t10-/m0/s1. The Morgan fingerprint density at radius 3 is 2.77 bits per heavy atom. The average Bonchev–Trinajstić information content (AvgIpc) is 3.06. The largest absolute Gasteiger partial charge is 0.329 e. The number of nitrogens with zero attached hydrogens (tertiary/aromatic N) is 4. The van der Waals surface area contributed by atoms with Crippen LogP contribution >= 0.6 is 23.2 Å². The van der Waals surface area contributed by atoms with Gasteiger partial charge in [0.15, 0.2) is 5.82 Å². The van der Waals surface area contributed by atoms with Crippen molar-refractivity contribution in [3.63, 3.8) is 0 Å². The van der Waals surface area contributed by atoms with Crippen molar-refractivity contribution in [2.75, 3.05) is 6.54 Å². The van der Waals surface area contributed by atoms with E-state index in [0.29, 0.717) is 28.2 Å². The lowest BCUT2D eigenvalue weighted by atomic mass is 10.0. The van der Waals surface area contributed by atoms with E-state index in [2.05, 4.69) is 15.2 Å². The number of aromatic nitrogens is 4. The molecule has 8 heteroatoms. The second-order valence-corrected chi connectivity index (χ2v) is 6.28. The maximum Gasteiger partial charge on any atom is 0.271 e. The smallest absolute Gasteiger partial charge is 0.271 e. The fraction of sp³-hybridized carbons (Fsp3) is 0.500. The van der Waals surface area contributed by atoms with E-state index < -0.39 is 0 Å². The first-order valence-electron chi connectivity index (χ1n) is 7.19. The number of hydrogen-bond acceptors (Lipinski definition) is 3. The van der Waals surface area contributed by atoms with Crippen molar-refractivity contribution in [1.82, 2.24) is 24.6 Å². The van der Waals surface area contributed by atoms with E-state index in [0.717, 1.165) is 25.1 Å². The van der Waals surface area contributed by atoms with Gasteiger partial charge in [0.25, 0.3) is 5.91 Å². The molecule has 1 aliphatic rings. The minimum atomic E-state index is -0.112. The summed E-state index contributed by atoms with van der Waals surface area (Å²) < 4.78 is 1.61. The van der Waals surface area contributed by atoms with Gasteiger partial charge in [-0.15, -0.1) is 0 Å². The molecule has 1 fully saturated rings. The molecule has 0 saturated carbocycles. The molecule has 1 saturated heterocycles. The number of hydrogen-bond donors (Lipinski definition) is 1. The Morgan fingerprint density at radius 1 is 1.41 bits per heavy atom. The highest BCUT2D eigenvalue weighted by molar-refractivity contribution is 6.41. The summed E-state index contributed by atoms with van der Waals surface area (Å²) in [5.41, 5.74) is 0.481. The number of rotatable bonds is 2. The highest BCUT2D eigenvalue weighted by Gasteiger charge is 2.32. The molecule has 118 valence electrons. The van der Waals surface area contributed by atoms with Gasteiger partial charge in [-0.1, -0.05) is 23.2 Å². The molecule has 3 heterocycles. The zero-order valence-electron chi connectivity index (χ0n) is 12.4. The van der Waals surface area contributed by atoms with Crippen LogP contribution in [0, 0.1) is 6.92 Å². The van der Waals surface area contributed by atoms with E-state index in [1.807, 2.05) is 11.8 Å². The summed E-state index contributed by atoms with van der Waals surface area (Å²) in [6, 6.07) is 1.50. The monoisotopic (exact) mass is 341 g/mol. The zero-order chi connectivity index (χ0) is 15.9. The van der Waals surface area contributed by atoms with Gasteiger partial charge >= 0.3 is 0 Å². The summed E-state index contributed by atoms with van der Waals surface area (Å²) >= 11 is 12.1. The van der Waals surface area contributed by atoms with Crippen molar-refractivity contribution in [2.45, 2.75) is 32.2 Å². The van der Waals surface area contributed by atoms with Gasteiger partial charge in [-0.05, 0) is 32.3 Å². The predicted molar refractivity (Wildman–Crippen MR) is 84.2 cm³/mol. The first-order valence-corrected chi connectivity index (χ1v) is 7.95. The second kappa shape index (κ2) is 5.93. The molecule has 0 aromatic carbocycles. The van der Waals surface area contributed by atoms with Crippen molar-refractivity contribution in [3.8, 4) is 0 Å². The van der Waals surface area contributed by atoms with Crippen LogP contribution in [0.1, 0.15) is 47.4 Å². The molecule has 22 heavy (non-hydrogen) atoms. The third kappa shape index (κ3) is 2.61. The van der Waals surface area contributed by atoms with Crippen molar-refractivity contribution < 1.29 is 4.79 Å². The first-order chi connectivity index (χ1) is 10.5. The number of piperidine rings is 1. The number of H-pyrrole nitrogens is 1. The maximum absolute atomic E-state index is 12.9. The number of likely N-dealkylation sites (tertiary alicyclic amines) is 1. The van der Waals surface area contributed by atoms with Crippen molar-refractivity contribution in [2.24, 2.45) is 7.05 Å². The van der Waals surface area contributed by atoms with E-state index in [1.165, 1.54) is 0 Å². The van der Waals surface area contributed by atoms with Gasteiger partial charge in [0.1, 0.15) is 16.7 Å². The molecule has 0 bridgehead atoms. The molecule has 0 radical (unpaired) electrons. The van der Waals surface area contributed by atoms with Crippen LogP contribution in [0.4, 0.5) is 0 Å². The first kappa shape index (κ1) is 15.4. The molecular weight excluding hydrogens is 325 g/mol. The van der Waals surface area contributed by atoms with Crippen LogP contribution in [-0.4, -0.2) is 37.1 Å². The molecule has 1 atom stereocenters. The van der Waals surface area contributed by atoms with E-state index in [9.17, 15) is 4.79 Å². The van der Waals surface area contributed by atoms with Gasteiger partial charge in [-0.25, -0.2) is 4.98 Å². The summed E-state index contributed by atoms with van der Waals surface area (Å²) in [4.78, 5) is 19.1. The molecule has 1 N–H and O–H groups in total. The maximum atomic E-state index is 12.9. The van der Waals surface area contributed by atoms with Gasteiger partial charge in [0, 0.05) is 13.6 Å². The van der Waals surface area contributed by atoms with Gasteiger partial charge in [0.2, 0.25) is 0 Å². The molecular formula is C14H17Cl2N5O. The number of carbonyl (C=O) groups is 1. The number of amides is 1. The van der Waals surface area contributed by atoms with E-state index in [1.54, 1.807) is 17.7 Å². The average molecular weight is 342 g/mol. The van der Waals surface area contributed by atoms with Crippen molar-refractivity contribution in [1.29, 1.82) is 0 Å². The van der Waals surface area contributed by atoms with Crippen LogP contribution in [-0.2, 0) is 7.05 Å². The van der Waals surface area contributed by atoms with Crippen LogP contribution in [0.3, 0.4) is 0 Å².